The summed E-state index contributed by atoms with van der Waals surface area (Å²) in [5.41, 5.74) is 5.92. The number of amides is 1. The summed E-state index contributed by atoms with van der Waals surface area (Å²) in [7, 11) is 1.88. The minimum atomic E-state index is 0.0784. The van der Waals surface area contributed by atoms with Crippen LogP contribution in [-0.4, -0.2) is 17.9 Å². The smallest absolute Gasteiger partial charge is 0.254 e. The number of carbonyl (C=O) groups excluding carboxylic acids is 1. The number of nitrogens with zero attached hydrogens (tertiary/aromatic N) is 1. The predicted molar refractivity (Wildman–Crippen MR) is 99.5 cm³/mol. The van der Waals surface area contributed by atoms with Gasteiger partial charge in [-0.15, -0.1) is 11.3 Å². The van der Waals surface area contributed by atoms with E-state index in [-0.39, 0.29) is 11.9 Å². The number of hydrogen-bond acceptors (Lipinski definition) is 2. The molecule has 1 aromatic heterocycles. The van der Waals surface area contributed by atoms with E-state index >= 15 is 0 Å². The SMILES string of the molecule is CC(c1cccs1)N(C)C(=O)c1ccc2c(c1)Cc1ccccc1-2. The molecule has 0 bridgehead atoms. The van der Waals surface area contributed by atoms with Crippen molar-refractivity contribution in [3.8, 4) is 11.1 Å². The number of carbonyl (C=O) groups is 1. The lowest BCUT2D eigenvalue weighted by atomic mass is 10.0. The summed E-state index contributed by atoms with van der Waals surface area (Å²) in [5, 5.41) is 2.05. The zero-order valence-corrected chi connectivity index (χ0v) is 14.6. The lowest BCUT2D eigenvalue weighted by Crippen LogP contribution is -2.29. The zero-order valence-electron chi connectivity index (χ0n) is 13.8. The van der Waals surface area contributed by atoms with Crippen LogP contribution in [0.1, 0.15) is 39.3 Å². The predicted octanol–water partition coefficient (Wildman–Crippen LogP) is 5.15. The van der Waals surface area contributed by atoms with E-state index < -0.39 is 0 Å². The van der Waals surface area contributed by atoms with Gasteiger partial charge in [0.25, 0.3) is 5.91 Å². The molecular formula is C21H19NOS. The molecule has 0 saturated heterocycles. The molecule has 1 unspecified atom stereocenters. The number of thiophene rings is 1. The molecule has 2 nitrogen and oxygen atoms in total. The number of benzene rings is 2. The quantitative estimate of drug-likeness (QED) is 0.507. The second-order valence-electron chi connectivity index (χ2n) is 6.31. The first kappa shape index (κ1) is 15.2. The highest BCUT2D eigenvalue weighted by atomic mass is 32.1. The van der Waals surface area contributed by atoms with Crippen LogP contribution in [0.3, 0.4) is 0 Å². The molecule has 0 saturated carbocycles. The standard InChI is InChI=1S/C21H19NOS/c1-14(20-8-5-11-24-20)22(2)21(23)16-9-10-19-17(13-16)12-15-6-3-4-7-18(15)19/h3-11,13-14H,12H2,1-2H3. The van der Waals surface area contributed by atoms with Gasteiger partial charge in [-0.2, -0.15) is 0 Å². The number of hydrogen-bond donors (Lipinski definition) is 0. The first-order chi connectivity index (χ1) is 11.6. The van der Waals surface area contributed by atoms with Gasteiger partial charge in [-0.3, -0.25) is 4.79 Å². The van der Waals surface area contributed by atoms with E-state index in [0.29, 0.717) is 0 Å². The van der Waals surface area contributed by atoms with E-state index in [4.69, 9.17) is 0 Å². The molecule has 1 heterocycles. The number of rotatable bonds is 3. The maximum absolute atomic E-state index is 12.9. The van der Waals surface area contributed by atoms with E-state index in [1.54, 1.807) is 11.3 Å². The third-order valence-electron chi connectivity index (χ3n) is 4.90. The summed E-state index contributed by atoms with van der Waals surface area (Å²) >= 11 is 1.69. The Bertz CT molecular complexity index is 898. The van der Waals surface area contributed by atoms with Gasteiger partial charge >= 0.3 is 0 Å². The second kappa shape index (κ2) is 5.91. The first-order valence-electron chi connectivity index (χ1n) is 8.17. The van der Waals surface area contributed by atoms with Crippen LogP contribution in [0.25, 0.3) is 11.1 Å². The van der Waals surface area contributed by atoms with Gasteiger partial charge in [0.2, 0.25) is 0 Å². The molecule has 120 valence electrons. The summed E-state index contributed by atoms with van der Waals surface area (Å²) in [6.07, 6.45) is 0.914. The summed E-state index contributed by atoms with van der Waals surface area (Å²) in [6.45, 7) is 2.08. The van der Waals surface area contributed by atoms with E-state index in [1.165, 1.54) is 27.1 Å². The lowest BCUT2D eigenvalue weighted by molar-refractivity contribution is 0.0745. The van der Waals surface area contributed by atoms with Gasteiger partial charge in [-0.05, 0) is 59.2 Å². The Morgan fingerprint density at radius 1 is 1.04 bits per heavy atom. The fourth-order valence-electron chi connectivity index (χ4n) is 3.38. The van der Waals surface area contributed by atoms with Crippen molar-refractivity contribution in [2.45, 2.75) is 19.4 Å². The van der Waals surface area contributed by atoms with Crippen molar-refractivity contribution in [3.63, 3.8) is 0 Å². The molecule has 1 aliphatic rings. The topological polar surface area (TPSA) is 20.3 Å². The number of fused-ring (bicyclic) bond motifs is 3. The van der Waals surface area contributed by atoms with E-state index in [2.05, 4.69) is 54.8 Å². The maximum atomic E-state index is 12.9. The van der Waals surface area contributed by atoms with Crippen molar-refractivity contribution < 1.29 is 4.79 Å². The van der Waals surface area contributed by atoms with Crippen LogP contribution in [0.5, 0.6) is 0 Å². The van der Waals surface area contributed by atoms with Crippen LogP contribution in [0, 0.1) is 0 Å². The highest BCUT2D eigenvalue weighted by Crippen LogP contribution is 2.37. The molecule has 1 atom stereocenters. The fraction of sp³-hybridized carbons (Fsp3) is 0.190. The normalized spacial score (nSPS) is 13.2. The van der Waals surface area contributed by atoms with Gasteiger partial charge in [-0.1, -0.05) is 36.4 Å². The van der Waals surface area contributed by atoms with Crippen molar-refractivity contribution in [1.29, 1.82) is 0 Å². The highest BCUT2D eigenvalue weighted by Gasteiger charge is 2.23. The Kier molecular flexibility index (Phi) is 3.73. The Balaban J connectivity index is 1.62. The van der Waals surface area contributed by atoms with Crippen molar-refractivity contribution in [2.24, 2.45) is 0 Å². The molecule has 1 amide bonds. The lowest BCUT2D eigenvalue weighted by Gasteiger charge is -2.24. The van der Waals surface area contributed by atoms with E-state index in [1.807, 2.05) is 24.1 Å². The van der Waals surface area contributed by atoms with Gasteiger partial charge in [0.15, 0.2) is 0 Å². The second-order valence-corrected chi connectivity index (χ2v) is 7.29. The molecule has 2 aromatic carbocycles. The summed E-state index contributed by atoms with van der Waals surface area (Å²) in [4.78, 5) is 15.9. The van der Waals surface area contributed by atoms with Gasteiger partial charge in [-0.25, -0.2) is 0 Å². The Morgan fingerprint density at radius 2 is 1.83 bits per heavy atom. The van der Waals surface area contributed by atoms with Gasteiger partial charge in [0.1, 0.15) is 0 Å². The van der Waals surface area contributed by atoms with Gasteiger partial charge in [0, 0.05) is 17.5 Å². The molecule has 0 spiro atoms. The summed E-state index contributed by atoms with van der Waals surface area (Å²) < 4.78 is 0. The van der Waals surface area contributed by atoms with Crippen LogP contribution >= 0.6 is 11.3 Å². The molecule has 0 fully saturated rings. The minimum Gasteiger partial charge on any atom is -0.334 e. The van der Waals surface area contributed by atoms with E-state index in [0.717, 1.165) is 12.0 Å². The first-order valence-corrected chi connectivity index (χ1v) is 9.05. The van der Waals surface area contributed by atoms with Gasteiger partial charge < -0.3 is 4.90 Å². The minimum absolute atomic E-state index is 0.0784. The molecule has 1 aliphatic carbocycles. The molecule has 3 heteroatoms. The summed E-state index contributed by atoms with van der Waals surface area (Å²) in [6, 6.07) is 18.8. The van der Waals surface area contributed by atoms with Gasteiger partial charge in [0.05, 0.1) is 6.04 Å². The Hall–Kier alpha value is -2.39. The average molecular weight is 333 g/mol. The zero-order chi connectivity index (χ0) is 16.7. The molecule has 3 aromatic rings. The van der Waals surface area contributed by atoms with Crippen molar-refractivity contribution >= 4 is 17.2 Å². The third kappa shape index (κ3) is 2.45. The molecule has 24 heavy (non-hydrogen) atoms. The summed E-state index contributed by atoms with van der Waals surface area (Å²) in [5.74, 6) is 0.0784. The van der Waals surface area contributed by atoms with Crippen LogP contribution < -0.4 is 0 Å². The molecule has 0 radical (unpaired) electrons. The Labute approximate surface area is 146 Å². The van der Waals surface area contributed by atoms with Crippen molar-refractivity contribution in [2.75, 3.05) is 7.05 Å². The van der Waals surface area contributed by atoms with Crippen LogP contribution in [0.2, 0.25) is 0 Å². The Morgan fingerprint density at radius 3 is 2.62 bits per heavy atom. The van der Waals surface area contributed by atoms with E-state index in [9.17, 15) is 4.79 Å². The monoisotopic (exact) mass is 333 g/mol. The third-order valence-corrected chi connectivity index (χ3v) is 5.94. The van der Waals surface area contributed by atoms with Crippen molar-refractivity contribution in [3.05, 3.63) is 81.5 Å². The van der Waals surface area contributed by atoms with Crippen LogP contribution in [0.4, 0.5) is 0 Å². The average Bonchev–Trinajstić information content (AvgIpc) is 3.26. The van der Waals surface area contributed by atoms with Crippen LogP contribution in [0.15, 0.2) is 60.0 Å². The van der Waals surface area contributed by atoms with Crippen molar-refractivity contribution in [1.82, 2.24) is 4.90 Å². The molecule has 4 rings (SSSR count). The maximum Gasteiger partial charge on any atom is 0.254 e. The highest BCUT2D eigenvalue weighted by molar-refractivity contribution is 7.10. The fourth-order valence-corrected chi connectivity index (χ4v) is 4.20. The molecular weight excluding hydrogens is 314 g/mol. The molecule has 0 aliphatic heterocycles. The van der Waals surface area contributed by atoms with Crippen LogP contribution in [-0.2, 0) is 6.42 Å². The largest absolute Gasteiger partial charge is 0.334 e. The molecule has 0 N–H and O–H groups in total.